The average Bonchev–Trinajstić information content (AvgIpc) is 2.17. The normalized spacial score (nSPS) is 20.1. The van der Waals surface area contributed by atoms with Crippen molar-refractivity contribution in [3.05, 3.63) is 24.9 Å². The Labute approximate surface area is 95.6 Å². The molecular formula is C12H17NO3. The zero-order chi connectivity index (χ0) is 12.1. The van der Waals surface area contributed by atoms with Gasteiger partial charge in [-0.25, -0.2) is 4.79 Å². The number of nitrogens with zero attached hydrogens (tertiary/aromatic N) is 1. The molecule has 0 aromatic rings. The predicted octanol–water partition coefficient (Wildman–Crippen LogP) is 2.26. The maximum Gasteiger partial charge on any atom is 0.414 e. The smallest absolute Gasteiger partial charge is 0.414 e. The number of ether oxygens (including phenoxy) is 1. The maximum atomic E-state index is 11.7. The van der Waals surface area contributed by atoms with Crippen molar-refractivity contribution in [1.82, 2.24) is 4.90 Å². The molecule has 0 bridgehead atoms. The van der Waals surface area contributed by atoms with Crippen LogP contribution in [0.25, 0.3) is 0 Å². The Balaban J connectivity index is 2.74. The van der Waals surface area contributed by atoms with E-state index in [1.165, 1.54) is 17.2 Å². The molecule has 0 aromatic carbocycles. The van der Waals surface area contributed by atoms with Crippen LogP contribution in [0.3, 0.4) is 0 Å². The molecule has 1 unspecified atom stereocenters. The summed E-state index contributed by atoms with van der Waals surface area (Å²) in [7, 11) is 0. The predicted molar refractivity (Wildman–Crippen MR) is 60.8 cm³/mol. The maximum absolute atomic E-state index is 11.7. The first-order valence-corrected chi connectivity index (χ1v) is 5.35. The number of carbonyl (C=O) groups excluding carboxylic acids is 2. The number of allylic oxidation sites excluding steroid dienone is 1. The third-order valence-corrected chi connectivity index (χ3v) is 2.24. The van der Waals surface area contributed by atoms with Gasteiger partial charge < -0.3 is 4.74 Å². The van der Waals surface area contributed by atoms with Gasteiger partial charge in [0.25, 0.3) is 0 Å². The third-order valence-electron chi connectivity index (χ3n) is 2.24. The number of hydrogen-bond donors (Lipinski definition) is 0. The second kappa shape index (κ2) is 5.49. The van der Waals surface area contributed by atoms with E-state index in [1.54, 1.807) is 19.9 Å². The monoisotopic (exact) mass is 223 g/mol. The number of carbonyl (C=O) groups is 2. The topological polar surface area (TPSA) is 46.6 Å². The molecule has 1 heterocycles. The van der Waals surface area contributed by atoms with Crippen LogP contribution in [0.2, 0.25) is 0 Å². The zero-order valence-corrected chi connectivity index (χ0v) is 9.68. The van der Waals surface area contributed by atoms with E-state index in [9.17, 15) is 9.59 Å². The van der Waals surface area contributed by atoms with Crippen LogP contribution in [0, 0.1) is 0 Å². The first-order valence-electron chi connectivity index (χ1n) is 5.35. The highest BCUT2D eigenvalue weighted by atomic mass is 16.6. The highest BCUT2D eigenvalue weighted by Crippen LogP contribution is 2.17. The molecule has 4 nitrogen and oxygen atoms in total. The number of ketones is 1. The first kappa shape index (κ1) is 12.5. The van der Waals surface area contributed by atoms with Gasteiger partial charge in [0, 0.05) is 12.6 Å². The molecule has 1 aliphatic rings. The molecule has 4 heteroatoms. The van der Waals surface area contributed by atoms with Crippen LogP contribution < -0.4 is 0 Å². The highest BCUT2D eigenvalue weighted by Gasteiger charge is 2.27. The summed E-state index contributed by atoms with van der Waals surface area (Å²) < 4.78 is 5.09. The second-order valence-corrected chi connectivity index (χ2v) is 4.00. The van der Waals surface area contributed by atoms with Gasteiger partial charge in [0.15, 0.2) is 5.78 Å². The lowest BCUT2D eigenvalue weighted by Crippen LogP contribution is -2.40. The van der Waals surface area contributed by atoms with E-state index in [1.807, 2.05) is 0 Å². The van der Waals surface area contributed by atoms with E-state index >= 15 is 0 Å². The van der Waals surface area contributed by atoms with Gasteiger partial charge in [-0.15, -0.1) is 6.58 Å². The van der Waals surface area contributed by atoms with Gasteiger partial charge in [-0.1, -0.05) is 6.08 Å². The minimum absolute atomic E-state index is 0.0282. The summed E-state index contributed by atoms with van der Waals surface area (Å²) in [6, 6.07) is -0.166. The quantitative estimate of drug-likeness (QED) is 0.689. The van der Waals surface area contributed by atoms with Crippen LogP contribution in [0.5, 0.6) is 0 Å². The highest BCUT2D eigenvalue weighted by molar-refractivity contribution is 5.92. The van der Waals surface area contributed by atoms with Crippen molar-refractivity contribution in [3.8, 4) is 0 Å². The van der Waals surface area contributed by atoms with Gasteiger partial charge in [-0.2, -0.15) is 0 Å². The molecule has 0 saturated heterocycles. The summed E-state index contributed by atoms with van der Waals surface area (Å²) in [6.07, 6.45) is 4.94. The van der Waals surface area contributed by atoms with Crippen molar-refractivity contribution >= 4 is 11.9 Å². The second-order valence-electron chi connectivity index (χ2n) is 4.00. The largest absolute Gasteiger partial charge is 0.446 e. The van der Waals surface area contributed by atoms with E-state index in [0.717, 1.165) is 0 Å². The van der Waals surface area contributed by atoms with Crippen molar-refractivity contribution in [3.63, 3.8) is 0 Å². The Kier molecular flexibility index (Phi) is 4.28. The molecule has 0 radical (unpaired) electrons. The van der Waals surface area contributed by atoms with Gasteiger partial charge in [0.2, 0.25) is 0 Å². The molecule has 0 aromatic heterocycles. The molecule has 88 valence electrons. The van der Waals surface area contributed by atoms with Crippen molar-refractivity contribution in [2.24, 2.45) is 0 Å². The molecule has 0 spiro atoms. The Morgan fingerprint density at radius 3 is 3.00 bits per heavy atom. The minimum Gasteiger partial charge on any atom is -0.446 e. The number of amides is 1. The van der Waals surface area contributed by atoms with Gasteiger partial charge in [0.1, 0.15) is 0 Å². The van der Waals surface area contributed by atoms with E-state index in [2.05, 4.69) is 6.58 Å². The third kappa shape index (κ3) is 3.22. The SMILES string of the molecule is C=CCC1CC(=O)C=CN1C(=O)OC(C)C. The average molecular weight is 223 g/mol. The minimum atomic E-state index is -0.411. The van der Waals surface area contributed by atoms with Crippen LogP contribution in [0.4, 0.5) is 4.79 Å². The van der Waals surface area contributed by atoms with E-state index < -0.39 is 6.09 Å². The molecule has 0 aliphatic carbocycles. The van der Waals surface area contributed by atoms with Crippen LogP contribution >= 0.6 is 0 Å². The summed E-state index contributed by atoms with van der Waals surface area (Å²) in [5.74, 6) is 0.0282. The Morgan fingerprint density at radius 1 is 1.75 bits per heavy atom. The fraction of sp³-hybridized carbons (Fsp3) is 0.500. The lowest BCUT2D eigenvalue weighted by molar-refractivity contribution is -0.116. The standard InChI is InChI=1S/C12H17NO3/c1-4-5-10-8-11(14)6-7-13(10)12(15)16-9(2)3/h4,6-7,9-10H,1,5,8H2,2-3H3. The molecule has 0 fully saturated rings. The molecule has 0 saturated carbocycles. The first-order chi connectivity index (χ1) is 7.54. The molecule has 0 N–H and O–H groups in total. The number of hydrogen-bond acceptors (Lipinski definition) is 3. The van der Waals surface area contributed by atoms with Crippen molar-refractivity contribution in [1.29, 1.82) is 0 Å². The molecule has 1 aliphatic heterocycles. The summed E-state index contributed by atoms with van der Waals surface area (Å²) in [5, 5.41) is 0. The Hall–Kier alpha value is -1.58. The zero-order valence-electron chi connectivity index (χ0n) is 9.68. The van der Waals surface area contributed by atoms with Gasteiger partial charge in [-0.05, 0) is 26.3 Å². The van der Waals surface area contributed by atoms with E-state index in [0.29, 0.717) is 12.8 Å². The van der Waals surface area contributed by atoms with Crippen LogP contribution in [0.1, 0.15) is 26.7 Å². The van der Waals surface area contributed by atoms with Crippen molar-refractivity contribution in [2.75, 3.05) is 0 Å². The summed E-state index contributed by atoms with van der Waals surface area (Å²) in [4.78, 5) is 24.4. The van der Waals surface area contributed by atoms with E-state index in [4.69, 9.17) is 4.74 Å². The fourth-order valence-electron chi connectivity index (χ4n) is 1.55. The molecule has 1 atom stereocenters. The molecule has 1 rings (SSSR count). The summed E-state index contributed by atoms with van der Waals surface area (Å²) in [5.41, 5.74) is 0. The fourth-order valence-corrected chi connectivity index (χ4v) is 1.55. The van der Waals surface area contributed by atoms with Gasteiger partial charge in [-0.3, -0.25) is 9.69 Å². The molecule has 1 amide bonds. The number of rotatable bonds is 3. The van der Waals surface area contributed by atoms with Crippen LogP contribution in [0.15, 0.2) is 24.9 Å². The van der Waals surface area contributed by atoms with Gasteiger partial charge >= 0.3 is 6.09 Å². The van der Waals surface area contributed by atoms with Crippen molar-refractivity contribution < 1.29 is 14.3 Å². The Morgan fingerprint density at radius 2 is 2.44 bits per heavy atom. The van der Waals surface area contributed by atoms with E-state index in [-0.39, 0.29) is 17.9 Å². The summed E-state index contributed by atoms with van der Waals surface area (Å²) >= 11 is 0. The molecular weight excluding hydrogens is 206 g/mol. The Bertz CT molecular complexity index is 320. The molecule has 16 heavy (non-hydrogen) atoms. The van der Waals surface area contributed by atoms with Crippen LogP contribution in [-0.4, -0.2) is 28.9 Å². The van der Waals surface area contributed by atoms with Crippen molar-refractivity contribution in [2.45, 2.75) is 38.8 Å². The lowest BCUT2D eigenvalue weighted by atomic mass is 10.0. The lowest BCUT2D eigenvalue weighted by Gasteiger charge is -2.30. The van der Waals surface area contributed by atoms with Crippen LogP contribution in [-0.2, 0) is 9.53 Å². The summed E-state index contributed by atoms with van der Waals surface area (Å²) in [6.45, 7) is 7.20. The van der Waals surface area contributed by atoms with Gasteiger partial charge in [0.05, 0.1) is 12.1 Å².